The molecule has 1 N–H and O–H groups in total. The highest BCUT2D eigenvalue weighted by molar-refractivity contribution is 5.71. The number of nitrogens with one attached hydrogen (secondary N) is 1. The van der Waals surface area contributed by atoms with Crippen molar-refractivity contribution in [1.29, 1.82) is 5.26 Å². The number of hydrogen-bond acceptors (Lipinski definition) is 5. The Morgan fingerprint density at radius 2 is 1.70 bits per heavy atom. The van der Waals surface area contributed by atoms with Gasteiger partial charge in [0.15, 0.2) is 0 Å². The van der Waals surface area contributed by atoms with Crippen molar-refractivity contribution >= 4 is 5.97 Å². The van der Waals surface area contributed by atoms with Crippen LogP contribution >= 0.6 is 0 Å². The van der Waals surface area contributed by atoms with Crippen molar-refractivity contribution in [3.63, 3.8) is 0 Å². The molecule has 0 unspecified atom stereocenters. The Bertz CT molecular complexity index is 546. The van der Waals surface area contributed by atoms with E-state index in [4.69, 9.17) is 10.00 Å². The summed E-state index contributed by atoms with van der Waals surface area (Å²) in [6.45, 7) is 9.34. The first kappa shape index (κ1) is 23.1. The van der Waals surface area contributed by atoms with Gasteiger partial charge in [0.05, 0.1) is 24.8 Å². The number of esters is 1. The molecule has 1 aromatic rings. The fourth-order valence-corrected chi connectivity index (χ4v) is 3.00. The first-order valence-electron chi connectivity index (χ1n) is 10.3. The molecule has 0 aromatic heterocycles. The highest BCUT2D eigenvalue weighted by atomic mass is 16.5. The van der Waals surface area contributed by atoms with Crippen LogP contribution in [-0.2, 0) is 16.1 Å². The van der Waals surface area contributed by atoms with E-state index < -0.39 is 0 Å². The van der Waals surface area contributed by atoms with Crippen LogP contribution in [0.1, 0.15) is 63.5 Å². The van der Waals surface area contributed by atoms with E-state index in [1.165, 1.54) is 45.3 Å². The number of carbonyl (C=O) groups excluding carboxylic acids is 1. The van der Waals surface area contributed by atoms with Crippen molar-refractivity contribution in [3.05, 3.63) is 35.4 Å². The van der Waals surface area contributed by atoms with E-state index in [0.29, 0.717) is 18.7 Å². The van der Waals surface area contributed by atoms with Gasteiger partial charge in [-0.25, -0.2) is 0 Å². The average molecular weight is 374 g/mol. The smallest absolute Gasteiger partial charge is 0.319 e. The lowest BCUT2D eigenvalue weighted by atomic mass is 10.1. The van der Waals surface area contributed by atoms with Crippen LogP contribution in [0.5, 0.6) is 0 Å². The lowest BCUT2D eigenvalue weighted by Gasteiger charge is -2.20. The molecule has 0 aliphatic rings. The van der Waals surface area contributed by atoms with Gasteiger partial charge in [-0.15, -0.1) is 0 Å². The molecular weight excluding hydrogens is 338 g/mol. The average Bonchev–Trinajstić information content (AvgIpc) is 2.68. The number of carbonyl (C=O) groups is 1. The van der Waals surface area contributed by atoms with Crippen LogP contribution in [-0.4, -0.2) is 43.7 Å². The van der Waals surface area contributed by atoms with Gasteiger partial charge in [-0.05, 0) is 63.0 Å². The molecular formula is C22H35N3O2. The Labute approximate surface area is 164 Å². The Morgan fingerprint density at radius 3 is 2.33 bits per heavy atom. The molecule has 0 aliphatic carbocycles. The van der Waals surface area contributed by atoms with E-state index >= 15 is 0 Å². The lowest BCUT2D eigenvalue weighted by molar-refractivity contribution is -0.142. The second-order valence-corrected chi connectivity index (χ2v) is 6.89. The van der Waals surface area contributed by atoms with Gasteiger partial charge in [0, 0.05) is 6.54 Å². The quantitative estimate of drug-likeness (QED) is 0.373. The maximum Gasteiger partial charge on any atom is 0.319 e. The lowest BCUT2D eigenvalue weighted by Crippen LogP contribution is -2.26. The highest BCUT2D eigenvalue weighted by Crippen LogP contribution is 2.04. The minimum Gasteiger partial charge on any atom is -0.465 e. The molecule has 0 radical (unpaired) electrons. The van der Waals surface area contributed by atoms with Crippen molar-refractivity contribution < 1.29 is 9.53 Å². The number of rotatable bonds is 15. The topological polar surface area (TPSA) is 65.4 Å². The largest absolute Gasteiger partial charge is 0.465 e. The Kier molecular flexibility index (Phi) is 13.0. The van der Waals surface area contributed by atoms with Crippen LogP contribution in [0, 0.1) is 11.3 Å². The Balaban J connectivity index is 1.99. The van der Waals surface area contributed by atoms with Gasteiger partial charge in [-0.3, -0.25) is 4.79 Å². The fourth-order valence-electron chi connectivity index (χ4n) is 3.00. The first-order valence-corrected chi connectivity index (χ1v) is 10.3. The van der Waals surface area contributed by atoms with Crippen molar-refractivity contribution in [3.8, 4) is 6.07 Å². The van der Waals surface area contributed by atoms with Gasteiger partial charge in [0.25, 0.3) is 0 Å². The second kappa shape index (κ2) is 15.2. The monoisotopic (exact) mass is 373 g/mol. The molecule has 0 aliphatic heterocycles. The number of hydrogen-bond donors (Lipinski definition) is 1. The summed E-state index contributed by atoms with van der Waals surface area (Å²) in [6, 6.07) is 9.42. The summed E-state index contributed by atoms with van der Waals surface area (Å²) in [4.78, 5) is 14.3. The molecule has 0 atom stereocenters. The number of unbranched alkanes of at least 4 members (excludes halogenated alkanes) is 3. The van der Waals surface area contributed by atoms with Gasteiger partial charge in [-0.2, -0.15) is 5.26 Å². The maximum absolute atomic E-state index is 11.7. The van der Waals surface area contributed by atoms with Gasteiger partial charge >= 0.3 is 5.97 Å². The predicted molar refractivity (Wildman–Crippen MR) is 109 cm³/mol. The van der Waals surface area contributed by atoms with Crippen molar-refractivity contribution in [2.75, 3.05) is 32.8 Å². The zero-order chi connectivity index (χ0) is 19.7. The van der Waals surface area contributed by atoms with Gasteiger partial charge < -0.3 is 15.0 Å². The summed E-state index contributed by atoms with van der Waals surface area (Å²) in [5.41, 5.74) is 1.68. The standard InChI is InChI=1S/C22H35N3O2/c1-3-13-25(14-4-2)15-7-5-6-8-16-27-22(26)19-24-18-21-11-9-20(17-23)10-12-21/h9-12,24H,3-8,13-16,18-19H2,1-2H3. The van der Waals surface area contributed by atoms with Crippen LogP contribution in [0.2, 0.25) is 0 Å². The molecule has 0 fully saturated rings. The van der Waals surface area contributed by atoms with E-state index in [-0.39, 0.29) is 12.5 Å². The van der Waals surface area contributed by atoms with E-state index in [9.17, 15) is 4.79 Å². The predicted octanol–water partition coefficient (Wildman–Crippen LogP) is 3.87. The molecule has 0 spiro atoms. The zero-order valence-corrected chi connectivity index (χ0v) is 17.0. The third kappa shape index (κ3) is 11.4. The summed E-state index contributed by atoms with van der Waals surface area (Å²) in [6.07, 6.45) is 6.89. The summed E-state index contributed by atoms with van der Waals surface area (Å²) in [5, 5.41) is 11.8. The first-order chi connectivity index (χ1) is 13.2. The minimum atomic E-state index is -0.208. The van der Waals surface area contributed by atoms with Gasteiger partial charge in [0.1, 0.15) is 0 Å². The molecule has 5 nitrogen and oxygen atoms in total. The van der Waals surface area contributed by atoms with Crippen LogP contribution < -0.4 is 5.32 Å². The Hall–Kier alpha value is -1.90. The number of benzene rings is 1. The third-order valence-electron chi connectivity index (χ3n) is 4.39. The molecule has 150 valence electrons. The van der Waals surface area contributed by atoms with E-state index in [0.717, 1.165) is 18.4 Å². The molecule has 0 heterocycles. The third-order valence-corrected chi connectivity index (χ3v) is 4.39. The van der Waals surface area contributed by atoms with Crippen LogP contribution in [0.15, 0.2) is 24.3 Å². The van der Waals surface area contributed by atoms with Crippen LogP contribution in [0.25, 0.3) is 0 Å². The summed E-state index contributed by atoms with van der Waals surface area (Å²) in [5.74, 6) is -0.208. The summed E-state index contributed by atoms with van der Waals surface area (Å²) < 4.78 is 5.27. The molecule has 0 bridgehead atoms. The molecule has 1 rings (SSSR count). The normalized spacial score (nSPS) is 10.7. The zero-order valence-electron chi connectivity index (χ0n) is 17.0. The van der Waals surface area contributed by atoms with E-state index in [2.05, 4.69) is 30.1 Å². The van der Waals surface area contributed by atoms with Crippen molar-refractivity contribution in [1.82, 2.24) is 10.2 Å². The molecule has 0 saturated heterocycles. The van der Waals surface area contributed by atoms with Crippen LogP contribution in [0.4, 0.5) is 0 Å². The van der Waals surface area contributed by atoms with Crippen LogP contribution in [0.3, 0.4) is 0 Å². The summed E-state index contributed by atoms with van der Waals surface area (Å²) in [7, 11) is 0. The SMILES string of the molecule is CCCN(CCC)CCCCCCOC(=O)CNCc1ccc(C#N)cc1. The highest BCUT2D eigenvalue weighted by Gasteiger charge is 2.04. The molecule has 0 saturated carbocycles. The molecule has 1 aromatic carbocycles. The second-order valence-electron chi connectivity index (χ2n) is 6.89. The van der Waals surface area contributed by atoms with Gasteiger partial charge in [0.2, 0.25) is 0 Å². The maximum atomic E-state index is 11.7. The van der Waals surface area contributed by atoms with Crippen molar-refractivity contribution in [2.24, 2.45) is 0 Å². The van der Waals surface area contributed by atoms with E-state index in [1.807, 2.05) is 12.1 Å². The van der Waals surface area contributed by atoms with Crippen molar-refractivity contribution in [2.45, 2.75) is 58.9 Å². The van der Waals surface area contributed by atoms with Gasteiger partial charge in [-0.1, -0.05) is 38.8 Å². The molecule has 5 heteroatoms. The number of nitriles is 1. The number of ether oxygens (including phenoxy) is 1. The fraction of sp³-hybridized carbons (Fsp3) is 0.636. The molecule has 27 heavy (non-hydrogen) atoms. The summed E-state index contributed by atoms with van der Waals surface area (Å²) >= 11 is 0. The van der Waals surface area contributed by atoms with E-state index in [1.54, 1.807) is 12.1 Å². The molecule has 0 amide bonds. The number of nitrogens with zero attached hydrogens (tertiary/aromatic N) is 2. The minimum absolute atomic E-state index is 0.208. The Morgan fingerprint density at radius 1 is 1.04 bits per heavy atom.